The molecule has 0 unspecified atom stereocenters. The smallest absolute Gasteiger partial charge is 0.416 e. The van der Waals surface area contributed by atoms with Crippen LogP contribution in [0, 0.1) is 0 Å². The number of benzene rings is 2. The topological polar surface area (TPSA) is 83.0 Å². The number of esters is 1. The van der Waals surface area contributed by atoms with E-state index in [-0.39, 0.29) is 27.2 Å². The zero-order chi connectivity index (χ0) is 30.3. The fourth-order valence-corrected chi connectivity index (χ4v) is 6.04. The molecule has 0 bridgehead atoms. The molecule has 7 nitrogen and oxygen atoms in total. The lowest BCUT2D eigenvalue weighted by Crippen LogP contribution is -2.40. The Morgan fingerprint density at radius 2 is 1.93 bits per heavy atom. The first kappa shape index (κ1) is 29.6. The molecule has 0 radical (unpaired) electrons. The molecule has 0 saturated heterocycles. The molecule has 0 spiro atoms. The highest BCUT2D eigenvalue weighted by atomic mass is 79.9. The van der Waals surface area contributed by atoms with Gasteiger partial charge < -0.3 is 13.9 Å². The van der Waals surface area contributed by atoms with Gasteiger partial charge in [0.2, 0.25) is 0 Å². The highest BCUT2D eigenvalue weighted by Crippen LogP contribution is 2.38. The van der Waals surface area contributed by atoms with Gasteiger partial charge in [-0.15, -0.1) is 0 Å². The van der Waals surface area contributed by atoms with Crippen molar-refractivity contribution in [1.29, 1.82) is 0 Å². The Morgan fingerprint density at radius 1 is 1.17 bits per heavy atom. The summed E-state index contributed by atoms with van der Waals surface area (Å²) in [4.78, 5) is 32.2. The summed E-state index contributed by atoms with van der Waals surface area (Å²) in [6.07, 6.45) is -3.40. The van der Waals surface area contributed by atoms with Gasteiger partial charge in [0.25, 0.3) is 5.56 Å². The van der Waals surface area contributed by atoms with E-state index in [1.807, 2.05) is 0 Å². The summed E-state index contributed by atoms with van der Waals surface area (Å²) in [6.45, 7) is 5.14. The molecule has 1 aliphatic rings. The predicted octanol–water partition coefficient (Wildman–Crippen LogP) is 6.24. The van der Waals surface area contributed by atoms with E-state index in [0.717, 1.165) is 23.5 Å². The molecule has 0 aliphatic carbocycles. The molecule has 2 aromatic heterocycles. The molecule has 3 heterocycles. The largest absolute Gasteiger partial charge is 0.496 e. The number of furan rings is 1. The van der Waals surface area contributed by atoms with E-state index >= 15 is 0 Å². The van der Waals surface area contributed by atoms with Crippen molar-refractivity contribution in [3.63, 3.8) is 0 Å². The monoisotopic (exact) mass is 660 g/mol. The number of carbonyl (C=O) groups excluding carboxylic acids is 1. The van der Waals surface area contributed by atoms with Gasteiger partial charge in [-0.25, -0.2) is 9.79 Å². The van der Waals surface area contributed by atoms with Crippen molar-refractivity contribution in [3.05, 3.63) is 107 Å². The second kappa shape index (κ2) is 11.4. The molecule has 42 heavy (non-hydrogen) atoms. The van der Waals surface area contributed by atoms with Crippen LogP contribution < -0.4 is 19.6 Å². The molecule has 0 fully saturated rings. The third kappa shape index (κ3) is 5.73. The minimum Gasteiger partial charge on any atom is -0.496 e. The molecular formula is C30H24BrF3N2O5S. The number of thiazole rings is 1. The van der Waals surface area contributed by atoms with Gasteiger partial charge in [-0.2, -0.15) is 13.2 Å². The molecular weight excluding hydrogens is 637 g/mol. The summed E-state index contributed by atoms with van der Waals surface area (Å²) in [5, 5.41) is 0. The number of nitrogens with zero attached hydrogens (tertiary/aromatic N) is 2. The number of carbonyl (C=O) groups is 1. The molecule has 0 amide bonds. The van der Waals surface area contributed by atoms with E-state index in [9.17, 15) is 22.8 Å². The third-order valence-electron chi connectivity index (χ3n) is 6.45. The molecule has 4 aromatic rings. The molecule has 5 rings (SSSR count). The normalized spacial score (nSPS) is 15.5. The fourth-order valence-electron chi connectivity index (χ4n) is 4.64. The Morgan fingerprint density at radius 3 is 2.62 bits per heavy atom. The number of ether oxygens (including phenoxy) is 2. The fraction of sp³-hybridized carbons (Fsp3) is 0.233. The summed E-state index contributed by atoms with van der Waals surface area (Å²) in [5.41, 5.74) is 0.154. The number of halogens is 4. The van der Waals surface area contributed by atoms with E-state index < -0.39 is 35.4 Å². The van der Waals surface area contributed by atoms with Gasteiger partial charge in [0, 0.05) is 21.7 Å². The molecule has 2 aromatic carbocycles. The standard InChI is InChI=1S/C30H24BrF3N2O5S/c1-15(2)40-28(38)25-16(3)35-29-36(26(25)21-13-19(31)8-10-23(21)39-4)27(37)24(42-29)14-20-9-11-22(41-20)17-6-5-7-18(12-17)30(32,33)34/h5-15,26H,1-4H3/b24-14-/t26-/m0/s1. The van der Waals surface area contributed by atoms with Gasteiger partial charge in [0.15, 0.2) is 4.80 Å². The van der Waals surface area contributed by atoms with E-state index in [1.54, 1.807) is 45.0 Å². The minimum atomic E-state index is -4.49. The van der Waals surface area contributed by atoms with Gasteiger partial charge in [0.1, 0.15) is 23.3 Å². The number of allylic oxidation sites excluding steroid dienone is 1. The van der Waals surface area contributed by atoms with Gasteiger partial charge in [-0.1, -0.05) is 39.4 Å². The third-order valence-corrected chi connectivity index (χ3v) is 7.92. The molecule has 12 heteroatoms. The maximum absolute atomic E-state index is 13.9. The van der Waals surface area contributed by atoms with Crippen LogP contribution in [0.5, 0.6) is 5.75 Å². The van der Waals surface area contributed by atoms with Crippen LogP contribution in [-0.2, 0) is 15.7 Å². The SMILES string of the molecule is COc1ccc(Br)cc1[C@H]1C(C(=O)OC(C)C)=C(C)N=c2s/c(=C\c3ccc(-c4cccc(C(F)(F)F)c4)o3)c(=O)n21. The number of aromatic nitrogens is 1. The number of rotatable bonds is 6. The van der Waals surface area contributed by atoms with Crippen LogP contribution >= 0.6 is 27.3 Å². The average molecular weight is 661 g/mol. The summed E-state index contributed by atoms with van der Waals surface area (Å²) in [6, 6.07) is 12.3. The van der Waals surface area contributed by atoms with Crippen LogP contribution in [0.3, 0.4) is 0 Å². The second-order valence-corrected chi connectivity index (χ2v) is 11.6. The average Bonchev–Trinajstić information content (AvgIpc) is 3.51. The molecule has 218 valence electrons. The van der Waals surface area contributed by atoms with Crippen molar-refractivity contribution >= 4 is 39.3 Å². The van der Waals surface area contributed by atoms with Gasteiger partial charge in [0.05, 0.1) is 34.6 Å². The lowest BCUT2D eigenvalue weighted by Gasteiger charge is -2.26. The second-order valence-electron chi connectivity index (χ2n) is 9.70. The highest BCUT2D eigenvalue weighted by molar-refractivity contribution is 9.10. The Balaban J connectivity index is 1.65. The predicted molar refractivity (Wildman–Crippen MR) is 155 cm³/mol. The van der Waals surface area contributed by atoms with E-state index in [4.69, 9.17) is 13.9 Å². The Bertz CT molecular complexity index is 1900. The van der Waals surface area contributed by atoms with Crippen LogP contribution in [0.25, 0.3) is 17.4 Å². The van der Waals surface area contributed by atoms with Crippen LogP contribution in [0.2, 0.25) is 0 Å². The Labute approximate surface area is 250 Å². The van der Waals surface area contributed by atoms with Crippen LogP contribution in [0.15, 0.2) is 84.5 Å². The van der Waals surface area contributed by atoms with Gasteiger partial charge >= 0.3 is 12.1 Å². The summed E-state index contributed by atoms with van der Waals surface area (Å²) >= 11 is 4.57. The van der Waals surface area contributed by atoms with Crippen molar-refractivity contribution in [2.24, 2.45) is 4.99 Å². The number of methoxy groups -OCH3 is 1. The first-order valence-electron chi connectivity index (χ1n) is 12.7. The zero-order valence-corrected chi connectivity index (χ0v) is 25.2. The maximum Gasteiger partial charge on any atom is 0.416 e. The zero-order valence-electron chi connectivity index (χ0n) is 22.8. The summed E-state index contributed by atoms with van der Waals surface area (Å²) in [7, 11) is 1.50. The molecule has 1 aliphatic heterocycles. The first-order chi connectivity index (χ1) is 19.9. The molecule has 0 saturated carbocycles. The van der Waals surface area contributed by atoms with Crippen molar-refractivity contribution in [1.82, 2.24) is 4.57 Å². The number of fused-ring (bicyclic) bond motifs is 1. The Kier molecular flexibility index (Phi) is 8.04. The van der Waals surface area contributed by atoms with Crippen LogP contribution in [0.4, 0.5) is 13.2 Å². The highest BCUT2D eigenvalue weighted by Gasteiger charge is 2.36. The van der Waals surface area contributed by atoms with Crippen molar-refractivity contribution in [2.45, 2.75) is 39.1 Å². The van der Waals surface area contributed by atoms with Crippen molar-refractivity contribution in [2.75, 3.05) is 7.11 Å². The van der Waals surface area contributed by atoms with Crippen molar-refractivity contribution in [3.8, 4) is 17.1 Å². The number of alkyl halides is 3. The first-order valence-corrected chi connectivity index (χ1v) is 14.3. The lowest BCUT2D eigenvalue weighted by atomic mass is 9.95. The number of hydrogen-bond acceptors (Lipinski definition) is 7. The van der Waals surface area contributed by atoms with E-state index in [0.29, 0.717) is 26.3 Å². The van der Waals surface area contributed by atoms with Crippen LogP contribution in [-0.4, -0.2) is 23.8 Å². The minimum absolute atomic E-state index is 0.198. The lowest BCUT2D eigenvalue weighted by molar-refractivity contribution is -0.143. The van der Waals surface area contributed by atoms with Gasteiger partial charge in [-0.3, -0.25) is 9.36 Å². The van der Waals surface area contributed by atoms with Crippen LogP contribution in [0.1, 0.15) is 43.7 Å². The summed E-state index contributed by atoms with van der Waals surface area (Å²) in [5.74, 6) is 0.328. The Hall–Kier alpha value is -3.90. The summed E-state index contributed by atoms with van der Waals surface area (Å²) < 4.78 is 58.9. The maximum atomic E-state index is 13.9. The molecule has 0 N–H and O–H groups in total. The van der Waals surface area contributed by atoms with Gasteiger partial charge in [-0.05, 0) is 63.2 Å². The number of hydrogen-bond donors (Lipinski definition) is 0. The van der Waals surface area contributed by atoms with E-state index in [1.165, 1.54) is 36.0 Å². The quantitative estimate of drug-likeness (QED) is 0.229. The van der Waals surface area contributed by atoms with E-state index in [2.05, 4.69) is 20.9 Å². The van der Waals surface area contributed by atoms with Crippen molar-refractivity contribution < 1.29 is 31.9 Å². The molecule has 1 atom stereocenters.